The number of allylic oxidation sites excluding steroid dienone is 5. The third-order valence-electron chi connectivity index (χ3n) is 1.41. The minimum atomic E-state index is -4.42. The molecule has 0 fully saturated rings. The second-order valence-corrected chi connectivity index (χ2v) is 2.48. The molecule has 0 atom stereocenters. The predicted octanol–water partition coefficient (Wildman–Crippen LogP) is 4.55. The van der Waals surface area contributed by atoms with Crippen molar-refractivity contribution in [3.8, 4) is 6.07 Å². The van der Waals surface area contributed by atoms with Crippen LogP contribution in [0.15, 0.2) is 36.0 Å². The van der Waals surface area contributed by atoms with Gasteiger partial charge in [0.15, 0.2) is 0 Å². The lowest BCUT2D eigenvalue weighted by molar-refractivity contribution is -0.0884. The first kappa shape index (κ1) is 16.9. The first-order chi connectivity index (χ1) is 7.45. The van der Waals surface area contributed by atoms with Gasteiger partial charge in [-0.05, 0) is 12.5 Å². The number of hydrogen-bond donors (Lipinski definition) is 0. The van der Waals surface area contributed by atoms with Crippen LogP contribution in [0.25, 0.3) is 0 Å². The van der Waals surface area contributed by atoms with Gasteiger partial charge in [0.1, 0.15) is 0 Å². The van der Waals surface area contributed by atoms with Gasteiger partial charge < -0.3 is 0 Å². The largest absolute Gasteiger partial charge is 0.416 e. The standard InChI is InChI=1S/C10H10F3N.C2H6/c1-3-5-9(10(11,12)13)6-8(4-2)7-14;1-2/h4-6H,2-3H2,1H3;1-2H3/b8-6+,9-5-;. The molecule has 0 spiro atoms. The molecule has 0 amide bonds. The van der Waals surface area contributed by atoms with Gasteiger partial charge in [0.2, 0.25) is 0 Å². The van der Waals surface area contributed by atoms with Gasteiger partial charge in [-0.1, -0.05) is 39.5 Å². The summed E-state index contributed by atoms with van der Waals surface area (Å²) in [5, 5.41) is 8.42. The van der Waals surface area contributed by atoms with Crippen LogP contribution in [0.5, 0.6) is 0 Å². The van der Waals surface area contributed by atoms with Crippen LogP contribution in [0, 0.1) is 11.3 Å². The molecule has 0 N–H and O–H groups in total. The van der Waals surface area contributed by atoms with Crippen molar-refractivity contribution in [2.24, 2.45) is 0 Å². The third kappa shape index (κ3) is 6.88. The minimum Gasteiger partial charge on any atom is -0.192 e. The van der Waals surface area contributed by atoms with Gasteiger partial charge >= 0.3 is 6.18 Å². The summed E-state index contributed by atoms with van der Waals surface area (Å²) >= 11 is 0. The van der Waals surface area contributed by atoms with Crippen molar-refractivity contribution in [1.29, 1.82) is 5.26 Å². The van der Waals surface area contributed by atoms with Gasteiger partial charge in [-0.2, -0.15) is 18.4 Å². The third-order valence-corrected chi connectivity index (χ3v) is 1.41. The molecule has 0 saturated heterocycles. The molecule has 0 radical (unpaired) electrons. The van der Waals surface area contributed by atoms with E-state index in [1.165, 1.54) is 0 Å². The molecule has 0 rings (SSSR count). The number of nitriles is 1. The number of rotatable bonds is 3. The van der Waals surface area contributed by atoms with Crippen LogP contribution in [-0.2, 0) is 0 Å². The van der Waals surface area contributed by atoms with Crippen LogP contribution < -0.4 is 0 Å². The van der Waals surface area contributed by atoms with Gasteiger partial charge in [-0.25, -0.2) is 0 Å². The molecule has 0 unspecified atom stereocenters. The van der Waals surface area contributed by atoms with Gasteiger partial charge in [0.25, 0.3) is 0 Å². The molecular weight excluding hydrogens is 215 g/mol. The summed E-state index contributed by atoms with van der Waals surface area (Å²) in [5.74, 6) is 0. The van der Waals surface area contributed by atoms with Gasteiger partial charge in [0, 0.05) is 0 Å². The Bertz CT molecular complexity index is 303. The van der Waals surface area contributed by atoms with E-state index in [-0.39, 0.29) is 12.0 Å². The molecule has 0 aromatic heterocycles. The fourth-order valence-electron chi connectivity index (χ4n) is 0.781. The fourth-order valence-corrected chi connectivity index (χ4v) is 0.781. The summed E-state index contributed by atoms with van der Waals surface area (Å²) in [7, 11) is 0. The predicted molar refractivity (Wildman–Crippen MR) is 59.7 cm³/mol. The molecule has 0 aliphatic rings. The highest BCUT2D eigenvalue weighted by molar-refractivity contribution is 5.40. The Balaban J connectivity index is 0. The summed E-state index contributed by atoms with van der Waals surface area (Å²) in [6.07, 6.45) is -1.24. The summed E-state index contributed by atoms with van der Waals surface area (Å²) in [6.45, 7) is 8.84. The monoisotopic (exact) mass is 231 g/mol. The molecular formula is C12H16F3N. The van der Waals surface area contributed by atoms with Crippen molar-refractivity contribution < 1.29 is 13.2 Å². The Morgan fingerprint density at radius 3 is 2.12 bits per heavy atom. The van der Waals surface area contributed by atoms with Crippen molar-refractivity contribution >= 4 is 0 Å². The zero-order valence-electron chi connectivity index (χ0n) is 9.73. The average Bonchev–Trinajstić information content (AvgIpc) is 2.25. The van der Waals surface area contributed by atoms with E-state index in [9.17, 15) is 13.2 Å². The second kappa shape index (κ2) is 8.78. The molecule has 90 valence electrons. The quantitative estimate of drug-likeness (QED) is 0.516. The van der Waals surface area contributed by atoms with E-state index in [0.717, 1.165) is 18.2 Å². The zero-order chi connectivity index (χ0) is 13.2. The van der Waals surface area contributed by atoms with E-state index < -0.39 is 11.7 Å². The van der Waals surface area contributed by atoms with Crippen LogP contribution in [0.1, 0.15) is 27.2 Å². The van der Waals surface area contributed by atoms with E-state index in [1.54, 1.807) is 13.0 Å². The lowest BCUT2D eigenvalue weighted by Gasteiger charge is -2.07. The van der Waals surface area contributed by atoms with Crippen molar-refractivity contribution in [3.05, 3.63) is 36.0 Å². The van der Waals surface area contributed by atoms with Gasteiger partial charge in [0.05, 0.1) is 17.2 Å². The molecule has 0 bridgehead atoms. The summed E-state index contributed by atoms with van der Waals surface area (Å²) < 4.78 is 36.9. The first-order valence-electron chi connectivity index (χ1n) is 4.97. The van der Waals surface area contributed by atoms with Crippen LogP contribution >= 0.6 is 0 Å². The van der Waals surface area contributed by atoms with Gasteiger partial charge in [-0.3, -0.25) is 0 Å². The molecule has 0 aromatic carbocycles. The van der Waals surface area contributed by atoms with Crippen LogP contribution in [0.3, 0.4) is 0 Å². The minimum absolute atomic E-state index is 0.0953. The van der Waals surface area contributed by atoms with Crippen LogP contribution in [0.2, 0.25) is 0 Å². The second-order valence-electron chi connectivity index (χ2n) is 2.48. The lowest BCUT2D eigenvalue weighted by atomic mass is 10.1. The van der Waals surface area contributed by atoms with Crippen LogP contribution in [-0.4, -0.2) is 6.18 Å². The van der Waals surface area contributed by atoms with Crippen molar-refractivity contribution in [2.75, 3.05) is 0 Å². The fraction of sp³-hybridized carbons (Fsp3) is 0.417. The van der Waals surface area contributed by atoms with E-state index in [4.69, 9.17) is 5.26 Å². The lowest BCUT2D eigenvalue weighted by Crippen LogP contribution is -2.10. The normalized spacial score (nSPS) is 12.3. The number of halogens is 3. The maximum Gasteiger partial charge on any atom is 0.416 e. The Morgan fingerprint density at radius 1 is 1.38 bits per heavy atom. The number of nitrogens with zero attached hydrogens (tertiary/aromatic N) is 1. The van der Waals surface area contributed by atoms with Crippen molar-refractivity contribution in [3.63, 3.8) is 0 Å². The molecule has 4 heteroatoms. The smallest absolute Gasteiger partial charge is 0.192 e. The molecule has 1 nitrogen and oxygen atoms in total. The highest BCUT2D eigenvalue weighted by atomic mass is 19.4. The Morgan fingerprint density at radius 2 is 1.88 bits per heavy atom. The Labute approximate surface area is 94.6 Å². The Hall–Kier alpha value is -1.50. The Kier molecular flexibility index (Phi) is 9.28. The maximum absolute atomic E-state index is 12.3. The molecule has 16 heavy (non-hydrogen) atoms. The summed E-state index contributed by atoms with van der Waals surface area (Å²) in [4.78, 5) is 0. The molecule has 0 aromatic rings. The molecule has 0 saturated carbocycles. The van der Waals surface area contributed by atoms with Gasteiger partial charge in [-0.15, -0.1) is 0 Å². The first-order valence-corrected chi connectivity index (χ1v) is 4.97. The molecule has 0 heterocycles. The van der Waals surface area contributed by atoms with E-state index >= 15 is 0 Å². The summed E-state index contributed by atoms with van der Waals surface area (Å²) in [5.41, 5.74) is -0.904. The number of alkyl halides is 3. The topological polar surface area (TPSA) is 23.8 Å². The van der Waals surface area contributed by atoms with Crippen molar-refractivity contribution in [2.45, 2.75) is 33.4 Å². The van der Waals surface area contributed by atoms with E-state index in [2.05, 4.69) is 6.58 Å². The van der Waals surface area contributed by atoms with E-state index in [0.29, 0.717) is 0 Å². The number of hydrogen-bond acceptors (Lipinski definition) is 1. The maximum atomic E-state index is 12.3. The average molecular weight is 231 g/mol. The van der Waals surface area contributed by atoms with Crippen LogP contribution in [0.4, 0.5) is 13.2 Å². The van der Waals surface area contributed by atoms with Crippen molar-refractivity contribution in [1.82, 2.24) is 0 Å². The molecule has 0 aliphatic carbocycles. The highest BCUT2D eigenvalue weighted by Crippen LogP contribution is 2.27. The zero-order valence-corrected chi connectivity index (χ0v) is 9.73. The van der Waals surface area contributed by atoms with E-state index in [1.807, 2.05) is 13.8 Å². The summed E-state index contributed by atoms with van der Waals surface area (Å²) in [6, 6.07) is 1.61. The highest BCUT2D eigenvalue weighted by Gasteiger charge is 2.31. The molecule has 0 aliphatic heterocycles. The SMILES string of the molecule is C=C/C(C#N)=C\C(=C\CC)C(F)(F)F.CC.